The third kappa shape index (κ3) is 4.59. The molecule has 0 aliphatic carbocycles. The first kappa shape index (κ1) is 17.6. The molecule has 1 heterocycles. The maximum atomic E-state index is 12.3. The second-order valence-electron chi connectivity index (χ2n) is 5.98. The fourth-order valence-corrected chi connectivity index (χ4v) is 2.55. The van der Waals surface area contributed by atoms with Crippen molar-refractivity contribution >= 4 is 17.7 Å². The van der Waals surface area contributed by atoms with Crippen LogP contribution < -0.4 is 11.1 Å². The summed E-state index contributed by atoms with van der Waals surface area (Å²) in [5.74, 6) is -0.127. The monoisotopic (exact) mass is 332 g/mol. The fourth-order valence-electron chi connectivity index (χ4n) is 2.19. The van der Waals surface area contributed by atoms with E-state index in [0.717, 1.165) is 11.1 Å². The molecule has 3 N–H and O–H groups in total. The van der Waals surface area contributed by atoms with E-state index in [4.69, 9.17) is 5.73 Å². The number of carbonyl (C=O) groups excluding carboxylic acids is 1. The van der Waals surface area contributed by atoms with E-state index in [-0.39, 0.29) is 10.7 Å². The van der Waals surface area contributed by atoms with E-state index < -0.39 is 6.04 Å². The van der Waals surface area contributed by atoms with Gasteiger partial charge in [-0.25, -0.2) is 0 Å². The third-order valence-corrected chi connectivity index (χ3v) is 5.33. The smallest absolute Gasteiger partial charge is 0.238 e. The van der Waals surface area contributed by atoms with Gasteiger partial charge in [0, 0.05) is 23.7 Å². The molecule has 0 unspecified atom stereocenters. The predicted octanol–water partition coefficient (Wildman–Crippen LogP) is 2.02. The number of rotatable bonds is 7. The van der Waals surface area contributed by atoms with Crippen LogP contribution in [0.25, 0.3) is 0 Å². The number of hydrogen-bond donors (Lipinski definition) is 2. The molecule has 1 aromatic heterocycles. The van der Waals surface area contributed by atoms with Crippen LogP contribution in [0.4, 0.5) is 0 Å². The van der Waals surface area contributed by atoms with Crippen molar-refractivity contribution in [3.05, 3.63) is 53.9 Å². The third-order valence-electron chi connectivity index (χ3n) is 4.02. The Morgan fingerprint density at radius 1 is 1.35 bits per heavy atom. The maximum absolute atomic E-state index is 12.3. The van der Waals surface area contributed by atoms with Gasteiger partial charge in [-0.3, -0.25) is 9.48 Å². The summed E-state index contributed by atoms with van der Waals surface area (Å²) in [7, 11) is 0. The molecule has 6 heteroatoms. The van der Waals surface area contributed by atoms with Crippen molar-refractivity contribution in [3.8, 4) is 0 Å². The normalized spacial score (nSPS) is 12.9. The fraction of sp³-hybridized carbons (Fsp3) is 0.412. The van der Waals surface area contributed by atoms with Crippen molar-refractivity contribution in [1.29, 1.82) is 0 Å². The van der Waals surface area contributed by atoms with Crippen LogP contribution >= 0.6 is 11.8 Å². The van der Waals surface area contributed by atoms with Crippen LogP contribution in [0.15, 0.2) is 42.7 Å². The van der Waals surface area contributed by atoms with Gasteiger partial charge < -0.3 is 11.1 Å². The van der Waals surface area contributed by atoms with E-state index in [9.17, 15) is 4.79 Å². The number of hydrogen-bond acceptors (Lipinski definition) is 4. The Bertz CT molecular complexity index is 640. The van der Waals surface area contributed by atoms with E-state index in [1.807, 2.05) is 55.2 Å². The Labute approximate surface area is 141 Å². The summed E-state index contributed by atoms with van der Waals surface area (Å²) in [5.41, 5.74) is 8.28. The molecular formula is C17H24N4OS. The zero-order valence-electron chi connectivity index (χ0n) is 13.8. The summed E-state index contributed by atoms with van der Waals surface area (Å²) in [6.45, 7) is 5.11. The lowest BCUT2D eigenvalue weighted by atomic mass is 10.0. The van der Waals surface area contributed by atoms with Gasteiger partial charge >= 0.3 is 0 Å². The van der Waals surface area contributed by atoms with E-state index in [0.29, 0.717) is 13.1 Å². The first-order valence-electron chi connectivity index (χ1n) is 7.56. The molecule has 1 atom stereocenters. The molecule has 5 nitrogen and oxygen atoms in total. The van der Waals surface area contributed by atoms with Gasteiger partial charge in [0.1, 0.15) is 0 Å². The molecule has 0 saturated carbocycles. The van der Waals surface area contributed by atoms with Crippen LogP contribution in [0, 0.1) is 0 Å². The Morgan fingerprint density at radius 2 is 2.04 bits per heavy atom. The molecule has 0 bridgehead atoms. The zero-order valence-corrected chi connectivity index (χ0v) is 14.6. The van der Waals surface area contributed by atoms with Crippen LogP contribution in [0.2, 0.25) is 0 Å². The Morgan fingerprint density at radius 3 is 2.65 bits per heavy atom. The van der Waals surface area contributed by atoms with Crippen molar-refractivity contribution in [2.45, 2.75) is 37.7 Å². The molecule has 1 amide bonds. The molecule has 23 heavy (non-hydrogen) atoms. The molecule has 0 aliphatic heterocycles. The summed E-state index contributed by atoms with van der Waals surface area (Å²) in [5, 5.41) is 7.18. The summed E-state index contributed by atoms with van der Waals surface area (Å²) in [6.07, 6.45) is 5.65. The topological polar surface area (TPSA) is 72.9 Å². The minimum Gasteiger partial charge on any atom is -0.351 e. The minimum atomic E-state index is -0.546. The minimum absolute atomic E-state index is 0.127. The van der Waals surface area contributed by atoms with Gasteiger partial charge in [-0.05, 0) is 37.3 Å². The first-order valence-corrected chi connectivity index (χ1v) is 8.79. The number of nitrogens with zero attached hydrogens (tertiary/aromatic N) is 2. The van der Waals surface area contributed by atoms with Gasteiger partial charge in [0.15, 0.2) is 0 Å². The number of amides is 1. The zero-order chi connectivity index (χ0) is 16.9. The number of benzene rings is 1. The highest BCUT2D eigenvalue weighted by Crippen LogP contribution is 2.24. The molecule has 1 aromatic carbocycles. The highest BCUT2D eigenvalue weighted by atomic mass is 32.2. The van der Waals surface area contributed by atoms with Crippen molar-refractivity contribution in [2.75, 3.05) is 6.26 Å². The standard InChI is InChI=1S/C17H24N4OS/c1-17(2,23-3)15(18)16(22)19-11-13-7-4-5-8-14(13)12-21-10-6-9-20-21/h4-10,15H,11-12,18H2,1-3H3,(H,19,22)/t15-/m1/s1. The van der Waals surface area contributed by atoms with Crippen LogP contribution in [0.3, 0.4) is 0 Å². The number of thioether (sulfide) groups is 1. The largest absolute Gasteiger partial charge is 0.351 e. The molecular weight excluding hydrogens is 308 g/mol. The van der Waals surface area contributed by atoms with E-state index in [1.165, 1.54) is 0 Å². The summed E-state index contributed by atoms with van der Waals surface area (Å²) >= 11 is 1.59. The Kier molecular flexibility index (Phi) is 5.85. The molecule has 0 aliphatic rings. The summed E-state index contributed by atoms with van der Waals surface area (Å²) in [6, 6.07) is 9.38. The number of nitrogens with one attached hydrogen (secondary N) is 1. The number of nitrogens with two attached hydrogens (primary N) is 1. The number of aromatic nitrogens is 2. The lowest BCUT2D eigenvalue weighted by Gasteiger charge is -2.28. The SMILES string of the molecule is CSC(C)(C)[C@H](N)C(=O)NCc1ccccc1Cn1cccn1. The molecule has 0 fully saturated rings. The van der Waals surface area contributed by atoms with Crippen molar-refractivity contribution < 1.29 is 4.79 Å². The van der Waals surface area contributed by atoms with E-state index >= 15 is 0 Å². The van der Waals surface area contributed by atoms with Crippen LogP contribution in [0.5, 0.6) is 0 Å². The van der Waals surface area contributed by atoms with Gasteiger partial charge in [-0.1, -0.05) is 24.3 Å². The van der Waals surface area contributed by atoms with E-state index in [2.05, 4.69) is 16.5 Å². The average Bonchev–Trinajstić information content (AvgIpc) is 3.06. The first-order chi connectivity index (χ1) is 10.9. The summed E-state index contributed by atoms with van der Waals surface area (Å²) < 4.78 is 1.57. The van der Waals surface area contributed by atoms with Gasteiger partial charge in [0.25, 0.3) is 0 Å². The second-order valence-corrected chi connectivity index (χ2v) is 7.44. The lowest BCUT2D eigenvalue weighted by Crippen LogP contribution is -2.51. The number of carbonyl (C=O) groups is 1. The highest BCUT2D eigenvalue weighted by Gasteiger charge is 2.31. The Balaban J connectivity index is 2.02. The predicted molar refractivity (Wildman–Crippen MR) is 95.2 cm³/mol. The van der Waals surface area contributed by atoms with Crippen LogP contribution in [0.1, 0.15) is 25.0 Å². The highest BCUT2D eigenvalue weighted by molar-refractivity contribution is 8.00. The van der Waals surface area contributed by atoms with Gasteiger partial charge in [0.05, 0.1) is 12.6 Å². The van der Waals surface area contributed by atoms with E-state index in [1.54, 1.807) is 18.0 Å². The lowest BCUT2D eigenvalue weighted by molar-refractivity contribution is -0.123. The van der Waals surface area contributed by atoms with Crippen molar-refractivity contribution in [3.63, 3.8) is 0 Å². The van der Waals surface area contributed by atoms with Crippen molar-refractivity contribution in [2.24, 2.45) is 5.73 Å². The van der Waals surface area contributed by atoms with Crippen LogP contribution in [-0.4, -0.2) is 32.7 Å². The van der Waals surface area contributed by atoms with Crippen molar-refractivity contribution in [1.82, 2.24) is 15.1 Å². The molecule has 124 valence electrons. The quantitative estimate of drug-likeness (QED) is 0.813. The summed E-state index contributed by atoms with van der Waals surface area (Å²) in [4.78, 5) is 12.3. The molecule has 2 aromatic rings. The molecule has 0 saturated heterocycles. The van der Waals surface area contributed by atoms with Gasteiger partial charge in [0.2, 0.25) is 5.91 Å². The second kappa shape index (κ2) is 7.66. The average molecular weight is 332 g/mol. The molecule has 0 radical (unpaired) electrons. The molecule has 2 rings (SSSR count). The maximum Gasteiger partial charge on any atom is 0.238 e. The Hall–Kier alpha value is -1.79. The van der Waals surface area contributed by atoms with Gasteiger partial charge in [-0.2, -0.15) is 16.9 Å². The van der Waals surface area contributed by atoms with Gasteiger partial charge in [-0.15, -0.1) is 0 Å². The molecule has 0 spiro atoms. The van der Waals surface area contributed by atoms with Crippen LogP contribution in [-0.2, 0) is 17.9 Å².